The van der Waals surface area contributed by atoms with Crippen LogP contribution in [0.5, 0.6) is 6.01 Å². The summed E-state index contributed by atoms with van der Waals surface area (Å²) in [6.07, 6.45) is -4.13. The minimum absolute atomic E-state index is 0.0390. The van der Waals surface area contributed by atoms with Gasteiger partial charge in [0.25, 0.3) is 0 Å². The van der Waals surface area contributed by atoms with Gasteiger partial charge in [-0.1, -0.05) is 11.3 Å². The highest BCUT2D eigenvalue weighted by Gasteiger charge is 2.49. The van der Waals surface area contributed by atoms with Gasteiger partial charge < -0.3 is 20.7 Å². The monoisotopic (exact) mass is 651 g/mol. The second kappa shape index (κ2) is 10.8. The molecule has 2 aromatic heterocycles. The summed E-state index contributed by atoms with van der Waals surface area (Å²) < 4.78 is 96.0. The van der Waals surface area contributed by atoms with Crippen molar-refractivity contribution in [3.05, 3.63) is 35.4 Å². The number of nitrogens with two attached hydrogens (primary N) is 1. The first kappa shape index (κ1) is 30.2. The first-order valence-corrected chi connectivity index (χ1v) is 15.6. The molecule has 0 aliphatic carbocycles. The van der Waals surface area contributed by atoms with Crippen LogP contribution in [0.4, 0.5) is 37.3 Å². The lowest BCUT2D eigenvalue weighted by Crippen LogP contribution is -2.54. The number of aromatic nitrogens is 3. The molecule has 7 rings (SSSR count). The average Bonchev–Trinajstić information content (AvgIpc) is 3.63. The molecule has 3 N–H and O–H groups in total. The van der Waals surface area contributed by atoms with E-state index in [1.54, 1.807) is 4.90 Å². The van der Waals surface area contributed by atoms with Crippen LogP contribution >= 0.6 is 11.3 Å². The van der Waals surface area contributed by atoms with Gasteiger partial charge in [-0.2, -0.15) is 23.1 Å². The molecule has 5 heterocycles. The van der Waals surface area contributed by atoms with Crippen molar-refractivity contribution in [1.29, 1.82) is 0 Å². The Balaban J connectivity index is 1.43. The number of anilines is 2. The molecule has 0 spiro atoms. The molecule has 0 bridgehead atoms. The van der Waals surface area contributed by atoms with Crippen LogP contribution in [0.2, 0.25) is 0 Å². The van der Waals surface area contributed by atoms with Gasteiger partial charge in [-0.05, 0) is 51.4 Å². The van der Waals surface area contributed by atoms with E-state index in [1.165, 1.54) is 0 Å². The average molecular weight is 652 g/mol. The predicted molar refractivity (Wildman–Crippen MR) is 160 cm³/mol. The van der Waals surface area contributed by atoms with Gasteiger partial charge >= 0.3 is 12.2 Å². The summed E-state index contributed by atoms with van der Waals surface area (Å²) in [5.41, 5.74) is 2.31. The number of nitrogens with one attached hydrogen (secondary N) is 1. The van der Waals surface area contributed by atoms with E-state index in [2.05, 4.69) is 20.3 Å². The van der Waals surface area contributed by atoms with Gasteiger partial charge in [0.2, 0.25) is 0 Å². The minimum atomic E-state index is -5.00. The molecule has 3 aliphatic heterocycles. The lowest BCUT2D eigenvalue weighted by molar-refractivity contribution is -0.137. The van der Waals surface area contributed by atoms with Gasteiger partial charge in [-0.25, -0.2) is 18.2 Å². The maximum absolute atomic E-state index is 16.8. The van der Waals surface area contributed by atoms with Crippen LogP contribution in [0.15, 0.2) is 18.2 Å². The number of ether oxygens (including phenoxy) is 1. The molecule has 3 aliphatic rings. The molecule has 8 nitrogen and oxygen atoms in total. The lowest BCUT2D eigenvalue weighted by Gasteiger charge is -2.37. The number of alkyl halides is 4. The largest absolute Gasteiger partial charge is 0.461 e. The summed E-state index contributed by atoms with van der Waals surface area (Å²) in [6, 6.07) is 2.58. The molecule has 15 heteroatoms. The molecule has 45 heavy (non-hydrogen) atoms. The van der Waals surface area contributed by atoms with Crippen LogP contribution in [0.1, 0.15) is 38.7 Å². The smallest absolute Gasteiger partial charge is 0.417 e. The maximum Gasteiger partial charge on any atom is 0.417 e. The Hall–Kier alpha value is -3.43. The van der Waals surface area contributed by atoms with Crippen molar-refractivity contribution in [1.82, 2.24) is 25.2 Å². The Morgan fingerprint density at radius 1 is 1.09 bits per heavy atom. The molecule has 4 aromatic rings. The van der Waals surface area contributed by atoms with E-state index in [1.807, 2.05) is 18.7 Å². The number of nitrogens with zero attached hydrogens (tertiary/aromatic N) is 5. The molecule has 0 saturated carbocycles. The number of benzene rings is 2. The quantitative estimate of drug-likeness (QED) is 0.257. The van der Waals surface area contributed by atoms with Gasteiger partial charge in [0.15, 0.2) is 10.9 Å². The van der Waals surface area contributed by atoms with Gasteiger partial charge in [-0.3, -0.25) is 4.90 Å². The summed E-state index contributed by atoms with van der Waals surface area (Å²) in [5, 5.41) is 3.16. The zero-order chi connectivity index (χ0) is 31.8. The van der Waals surface area contributed by atoms with E-state index >= 15 is 4.39 Å². The molecule has 2 aromatic carbocycles. The molecule has 240 valence electrons. The van der Waals surface area contributed by atoms with Gasteiger partial charge in [-0.15, -0.1) is 0 Å². The third-order valence-electron chi connectivity index (χ3n) is 9.07. The second-order valence-electron chi connectivity index (χ2n) is 12.4. The van der Waals surface area contributed by atoms with Crippen molar-refractivity contribution in [2.75, 3.05) is 43.4 Å². The van der Waals surface area contributed by atoms with Crippen molar-refractivity contribution < 1.29 is 31.1 Å². The van der Waals surface area contributed by atoms with Crippen molar-refractivity contribution in [3.8, 4) is 17.1 Å². The molecule has 4 unspecified atom stereocenters. The van der Waals surface area contributed by atoms with Crippen LogP contribution in [0.25, 0.3) is 32.2 Å². The van der Waals surface area contributed by atoms with Crippen LogP contribution in [0, 0.1) is 11.6 Å². The number of rotatable bonds is 5. The van der Waals surface area contributed by atoms with E-state index in [0.717, 1.165) is 42.5 Å². The zero-order valence-electron chi connectivity index (χ0n) is 24.5. The van der Waals surface area contributed by atoms with Gasteiger partial charge in [0, 0.05) is 54.7 Å². The van der Waals surface area contributed by atoms with Crippen molar-refractivity contribution in [3.63, 3.8) is 0 Å². The van der Waals surface area contributed by atoms with Gasteiger partial charge in [0.1, 0.15) is 29.9 Å². The maximum atomic E-state index is 16.8. The van der Waals surface area contributed by atoms with Crippen molar-refractivity contribution in [2.24, 2.45) is 0 Å². The molecule has 0 amide bonds. The zero-order valence-corrected chi connectivity index (χ0v) is 25.3. The highest BCUT2D eigenvalue weighted by Crippen LogP contribution is 2.46. The van der Waals surface area contributed by atoms with E-state index in [4.69, 9.17) is 10.5 Å². The van der Waals surface area contributed by atoms with Crippen LogP contribution < -0.4 is 20.7 Å². The lowest BCUT2D eigenvalue weighted by atomic mass is 9.94. The molecular weight excluding hydrogens is 620 g/mol. The Morgan fingerprint density at radius 2 is 1.84 bits per heavy atom. The van der Waals surface area contributed by atoms with Crippen LogP contribution in [0.3, 0.4) is 0 Å². The molecule has 0 radical (unpaired) electrons. The highest BCUT2D eigenvalue weighted by molar-refractivity contribution is 7.22. The standard InChI is InChI=1S/C30H31F6N7OS/c1-14-10-42(11-15(2)38-14)26-18-8-19(30(34,35)36)21(17-4-5-20(32)25-24(17)39-27(37)45-25)22(33)23(18)40-28(41-26)44-13-29-6-3-7-43(29)12-16(31)9-29/h4-5,8,14-16,38H,3,6-7,9-13H2,1-2H3,(H2,37,39). The Morgan fingerprint density at radius 3 is 2.58 bits per heavy atom. The first-order valence-electron chi connectivity index (χ1n) is 14.8. The topological polar surface area (TPSA) is 92.4 Å². The number of halogens is 6. The Kier molecular flexibility index (Phi) is 7.28. The van der Waals surface area contributed by atoms with E-state index < -0.39 is 40.6 Å². The first-order chi connectivity index (χ1) is 21.3. The van der Waals surface area contributed by atoms with Gasteiger partial charge in [0.05, 0.1) is 21.3 Å². The summed E-state index contributed by atoms with van der Waals surface area (Å²) in [7, 11) is 0. The SMILES string of the molecule is CC1CN(c2nc(OCC34CCCN3CC(F)C4)nc3c(F)c(-c4ccc(F)c5sc(N)nc45)c(C(F)(F)F)cc23)CC(C)N1. The highest BCUT2D eigenvalue weighted by atomic mass is 32.1. The number of piperazine rings is 1. The number of thiazole rings is 1. The fraction of sp³-hybridized carbons (Fsp3) is 0.500. The number of hydrogen-bond acceptors (Lipinski definition) is 9. The fourth-order valence-corrected chi connectivity index (χ4v) is 8.09. The molecular formula is C30H31F6N7OS. The fourth-order valence-electron chi connectivity index (χ4n) is 7.32. The van der Waals surface area contributed by atoms with Crippen LogP contribution in [-0.2, 0) is 6.18 Å². The number of fused-ring (bicyclic) bond motifs is 3. The molecule has 3 fully saturated rings. The normalized spacial score (nSPS) is 25.9. The third-order valence-corrected chi connectivity index (χ3v) is 9.96. The van der Waals surface area contributed by atoms with E-state index in [0.29, 0.717) is 26.1 Å². The van der Waals surface area contributed by atoms with Crippen molar-refractivity contribution in [2.45, 2.75) is 63.1 Å². The summed E-state index contributed by atoms with van der Waals surface area (Å²) >= 11 is 0.759. The van der Waals surface area contributed by atoms with Crippen molar-refractivity contribution >= 4 is 43.4 Å². The predicted octanol–water partition coefficient (Wildman–Crippen LogP) is 5.93. The molecule has 4 atom stereocenters. The second-order valence-corrected chi connectivity index (χ2v) is 13.4. The third kappa shape index (κ3) is 5.22. The number of hydrogen-bond donors (Lipinski definition) is 2. The molecule has 3 saturated heterocycles. The summed E-state index contributed by atoms with van der Waals surface area (Å²) in [6.45, 7) is 5.73. The summed E-state index contributed by atoms with van der Waals surface area (Å²) in [5.74, 6) is -1.90. The number of nitrogen functional groups attached to an aromatic ring is 1. The summed E-state index contributed by atoms with van der Waals surface area (Å²) in [4.78, 5) is 16.8. The Labute approximate surface area is 258 Å². The van der Waals surface area contributed by atoms with E-state index in [-0.39, 0.29) is 68.8 Å². The minimum Gasteiger partial charge on any atom is -0.461 e. The van der Waals surface area contributed by atoms with E-state index in [9.17, 15) is 22.0 Å². The van der Waals surface area contributed by atoms with Crippen LogP contribution in [-0.4, -0.2) is 76.4 Å². The Bertz CT molecular complexity index is 1790.